The first kappa shape index (κ1) is 15.4. The van der Waals surface area contributed by atoms with Crippen molar-refractivity contribution in [1.82, 2.24) is 4.72 Å². The zero-order valence-electron chi connectivity index (χ0n) is 11.7. The summed E-state index contributed by atoms with van der Waals surface area (Å²) < 4.78 is 32.8. The van der Waals surface area contributed by atoms with Crippen molar-refractivity contribution in [2.24, 2.45) is 0 Å². The standard InChI is InChI=1S/C14H21NO4S/c1-10(16)11-5-3-6-12(9-11)20(17,18)15-13-7-4-8-14(13)19-2/h3,5-6,9-10,13-16H,4,7-8H2,1-2H3. The van der Waals surface area contributed by atoms with E-state index >= 15 is 0 Å². The number of ether oxygens (including phenoxy) is 1. The number of aliphatic hydroxyl groups is 1. The van der Waals surface area contributed by atoms with Gasteiger partial charge >= 0.3 is 0 Å². The molecular weight excluding hydrogens is 278 g/mol. The molecule has 3 unspecified atom stereocenters. The van der Waals surface area contributed by atoms with E-state index in [0.717, 1.165) is 19.3 Å². The lowest BCUT2D eigenvalue weighted by atomic mass is 10.1. The Hall–Kier alpha value is -0.950. The fourth-order valence-corrected chi connectivity index (χ4v) is 3.91. The van der Waals surface area contributed by atoms with E-state index in [1.54, 1.807) is 26.2 Å². The first-order valence-electron chi connectivity index (χ1n) is 6.77. The summed E-state index contributed by atoms with van der Waals surface area (Å²) in [6, 6.07) is 6.20. The summed E-state index contributed by atoms with van der Waals surface area (Å²) in [5, 5.41) is 9.54. The zero-order valence-corrected chi connectivity index (χ0v) is 12.6. The molecule has 0 spiro atoms. The predicted octanol–water partition coefficient (Wildman–Crippen LogP) is 1.59. The van der Waals surface area contributed by atoms with Crippen LogP contribution in [0.3, 0.4) is 0 Å². The first-order valence-corrected chi connectivity index (χ1v) is 8.25. The number of benzene rings is 1. The van der Waals surface area contributed by atoms with Crippen molar-refractivity contribution in [3.63, 3.8) is 0 Å². The molecule has 1 aromatic carbocycles. The highest BCUT2D eigenvalue weighted by Crippen LogP contribution is 2.24. The Morgan fingerprint density at radius 3 is 2.80 bits per heavy atom. The third-order valence-corrected chi connectivity index (χ3v) is 5.20. The van der Waals surface area contributed by atoms with Crippen molar-refractivity contribution >= 4 is 10.0 Å². The van der Waals surface area contributed by atoms with Gasteiger partial charge in [-0.25, -0.2) is 13.1 Å². The SMILES string of the molecule is COC1CCCC1NS(=O)(=O)c1cccc(C(C)O)c1. The molecule has 0 aromatic heterocycles. The number of rotatable bonds is 5. The number of sulfonamides is 1. The third kappa shape index (κ3) is 3.38. The minimum absolute atomic E-state index is 0.0651. The van der Waals surface area contributed by atoms with Gasteiger partial charge < -0.3 is 9.84 Å². The van der Waals surface area contributed by atoms with Crippen molar-refractivity contribution in [1.29, 1.82) is 0 Å². The number of hydrogen-bond donors (Lipinski definition) is 2. The van der Waals surface area contributed by atoms with Crippen molar-refractivity contribution < 1.29 is 18.3 Å². The summed E-state index contributed by atoms with van der Waals surface area (Å²) in [7, 11) is -1.98. The third-order valence-electron chi connectivity index (χ3n) is 3.71. The van der Waals surface area contributed by atoms with Crippen LogP contribution in [0.15, 0.2) is 29.2 Å². The lowest BCUT2D eigenvalue weighted by molar-refractivity contribution is 0.0916. The second-order valence-corrected chi connectivity index (χ2v) is 6.90. The Morgan fingerprint density at radius 1 is 1.40 bits per heavy atom. The number of nitrogens with one attached hydrogen (secondary N) is 1. The summed E-state index contributed by atoms with van der Waals surface area (Å²) in [6.45, 7) is 1.61. The van der Waals surface area contributed by atoms with Crippen molar-refractivity contribution in [2.75, 3.05) is 7.11 Å². The summed E-state index contributed by atoms with van der Waals surface area (Å²) in [5.41, 5.74) is 0.586. The van der Waals surface area contributed by atoms with Gasteiger partial charge in [-0.2, -0.15) is 0 Å². The van der Waals surface area contributed by atoms with Gasteiger partial charge in [0.1, 0.15) is 0 Å². The van der Waals surface area contributed by atoms with Crippen LogP contribution in [0.1, 0.15) is 37.9 Å². The van der Waals surface area contributed by atoms with Gasteiger partial charge in [-0.15, -0.1) is 0 Å². The largest absolute Gasteiger partial charge is 0.389 e. The van der Waals surface area contributed by atoms with E-state index in [9.17, 15) is 13.5 Å². The lowest BCUT2D eigenvalue weighted by Crippen LogP contribution is -2.40. The Balaban J connectivity index is 2.20. The topological polar surface area (TPSA) is 75.6 Å². The first-order chi connectivity index (χ1) is 9.44. The van der Waals surface area contributed by atoms with Gasteiger partial charge in [0.05, 0.1) is 17.1 Å². The molecule has 0 amide bonds. The van der Waals surface area contributed by atoms with Crippen molar-refractivity contribution in [3.8, 4) is 0 Å². The second kappa shape index (κ2) is 6.22. The van der Waals surface area contributed by atoms with Gasteiger partial charge in [0.25, 0.3) is 0 Å². The van der Waals surface area contributed by atoms with Gasteiger partial charge in [0, 0.05) is 13.2 Å². The van der Waals surface area contributed by atoms with E-state index in [0.29, 0.717) is 5.56 Å². The van der Waals surface area contributed by atoms with Crippen LogP contribution in [-0.4, -0.2) is 32.8 Å². The van der Waals surface area contributed by atoms with E-state index in [1.165, 1.54) is 12.1 Å². The molecule has 0 radical (unpaired) electrons. The van der Waals surface area contributed by atoms with Crippen molar-refractivity contribution in [3.05, 3.63) is 29.8 Å². The Labute approximate surface area is 120 Å². The molecule has 1 aliphatic carbocycles. The maximum atomic E-state index is 12.4. The van der Waals surface area contributed by atoms with Crippen LogP contribution in [0.5, 0.6) is 0 Å². The minimum atomic E-state index is -3.58. The number of methoxy groups -OCH3 is 1. The van der Waals surface area contributed by atoms with Crippen LogP contribution in [0.2, 0.25) is 0 Å². The molecule has 0 aliphatic heterocycles. The normalized spacial score (nSPS) is 24.8. The maximum Gasteiger partial charge on any atom is 0.240 e. The molecule has 2 N–H and O–H groups in total. The lowest BCUT2D eigenvalue weighted by Gasteiger charge is -2.20. The Morgan fingerprint density at radius 2 is 2.15 bits per heavy atom. The summed E-state index contributed by atoms with van der Waals surface area (Å²) in [4.78, 5) is 0.178. The van der Waals surface area contributed by atoms with Crippen LogP contribution < -0.4 is 4.72 Å². The molecule has 1 fully saturated rings. The molecule has 0 heterocycles. The van der Waals surface area contributed by atoms with Crippen molar-refractivity contribution in [2.45, 2.75) is 49.3 Å². The van der Waals surface area contributed by atoms with Gasteiger partial charge in [-0.1, -0.05) is 12.1 Å². The highest BCUT2D eigenvalue weighted by molar-refractivity contribution is 7.89. The molecule has 112 valence electrons. The zero-order chi connectivity index (χ0) is 14.8. The van der Waals surface area contributed by atoms with Crippen LogP contribution in [0, 0.1) is 0 Å². The smallest absolute Gasteiger partial charge is 0.240 e. The molecular formula is C14H21NO4S. The molecule has 0 saturated heterocycles. The summed E-state index contributed by atoms with van der Waals surface area (Å²) in [5.74, 6) is 0. The maximum absolute atomic E-state index is 12.4. The van der Waals surface area contributed by atoms with Crippen LogP contribution in [0.25, 0.3) is 0 Å². The Bertz CT molecular complexity index is 556. The van der Waals surface area contributed by atoms with Gasteiger partial charge in [-0.05, 0) is 43.9 Å². The van der Waals surface area contributed by atoms with E-state index in [4.69, 9.17) is 4.74 Å². The predicted molar refractivity (Wildman–Crippen MR) is 75.8 cm³/mol. The van der Waals surface area contributed by atoms with E-state index in [1.807, 2.05) is 0 Å². The van der Waals surface area contributed by atoms with Gasteiger partial charge in [0.2, 0.25) is 10.0 Å². The molecule has 6 heteroatoms. The number of hydrogen-bond acceptors (Lipinski definition) is 4. The fourth-order valence-electron chi connectivity index (χ4n) is 2.55. The van der Waals surface area contributed by atoms with Gasteiger partial charge in [0.15, 0.2) is 0 Å². The van der Waals surface area contributed by atoms with E-state index < -0.39 is 16.1 Å². The quantitative estimate of drug-likeness (QED) is 0.865. The molecule has 3 atom stereocenters. The number of aliphatic hydroxyl groups excluding tert-OH is 1. The van der Waals surface area contributed by atoms with Gasteiger partial charge in [-0.3, -0.25) is 0 Å². The van der Waals surface area contributed by atoms with E-state index in [-0.39, 0.29) is 17.0 Å². The molecule has 5 nitrogen and oxygen atoms in total. The monoisotopic (exact) mass is 299 g/mol. The molecule has 1 saturated carbocycles. The summed E-state index contributed by atoms with van der Waals surface area (Å²) in [6.07, 6.45) is 1.86. The average molecular weight is 299 g/mol. The minimum Gasteiger partial charge on any atom is -0.389 e. The fraction of sp³-hybridized carbons (Fsp3) is 0.571. The summed E-state index contributed by atoms with van der Waals surface area (Å²) >= 11 is 0. The average Bonchev–Trinajstić information content (AvgIpc) is 2.85. The second-order valence-electron chi connectivity index (χ2n) is 5.18. The highest BCUT2D eigenvalue weighted by atomic mass is 32.2. The van der Waals surface area contributed by atoms with Crippen LogP contribution in [-0.2, 0) is 14.8 Å². The molecule has 2 rings (SSSR count). The molecule has 1 aliphatic rings. The Kier molecular flexibility index (Phi) is 4.80. The molecule has 0 bridgehead atoms. The van der Waals surface area contributed by atoms with Crippen LogP contribution in [0.4, 0.5) is 0 Å². The highest BCUT2D eigenvalue weighted by Gasteiger charge is 2.31. The molecule has 20 heavy (non-hydrogen) atoms. The molecule has 1 aromatic rings. The van der Waals surface area contributed by atoms with E-state index in [2.05, 4.69) is 4.72 Å². The van der Waals surface area contributed by atoms with Crippen LogP contribution >= 0.6 is 0 Å².